The van der Waals surface area contributed by atoms with E-state index in [2.05, 4.69) is 43.2 Å². The second-order valence-corrected chi connectivity index (χ2v) is 5.46. The Hall–Kier alpha value is -1.62. The van der Waals surface area contributed by atoms with Crippen LogP contribution in [-0.4, -0.2) is 22.7 Å². The average Bonchev–Trinajstić information content (AvgIpc) is 2.98. The second kappa shape index (κ2) is 6.22. The summed E-state index contributed by atoms with van der Waals surface area (Å²) in [6.45, 7) is 11.4. The SMILES string of the molecule is CCNC(C)C(c1nc(-c2ccoc2C)no1)C(C)C. The van der Waals surface area contributed by atoms with E-state index in [0.717, 1.165) is 17.9 Å². The van der Waals surface area contributed by atoms with Crippen molar-refractivity contribution in [2.24, 2.45) is 5.92 Å². The molecule has 0 radical (unpaired) electrons. The standard InChI is InChI=1S/C15H23N3O2/c1-6-16-10(4)13(9(2)3)15-17-14(18-20-15)12-7-8-19-11(12)5/h7-10,13,16H,6H2,1-5H3. The summed E-state index contributed by atoms with van der Waals surface area (Å²) in [5.74, 6) is 2.70. The first-order valence-electron chi connectivity index (χ1n) is 7.16. The number of rotatable bonds is 6. The molecule has 2 heterocycles. The maximum Gasteiger partial charge on any atom is 0.231 e. The zero-order valence-electron chi connectivity index (χ0n) is 12.8. The maximum absolute atomic E-state index is 5.49. The molecule has 20 heavy (non-hydrogen) atoms. The van der Waals surface area contributed by atoms with Crippen molar-refractivity contribution in [2.75, 3.05) is 6.54 Å². The third-order valence-corrected chi connectivity index (χ3v) is 3.61. The van der Waals surface area contributed by atoms with Gasteiger partial charge in [-0.25, -0.2) is 0 Å². The Morgan fingerprint density at radius 1 is 1.30 bits per heavy atom. The minimum Gasteiger partial charge on any atom is -0.469 e. The molecule has 0 bridgehead atoms. The summed E-state index contributed by atoms with van der Waals surface area (Å²) in [7, 11) is 0. The highest BCUT2D eigenvalue weighted by atomic mass is 16.5. The fraction of sp³-hybridized carbons (Fsp3) is 0.600. The molecule has 0 aromatic carbocycles. The van der Waals surface area contributed by atoms with Crippen molar-refractivity contribution in [3.05, 3.63) is 24.0 Å². The third-order valence-electron chi connectivity index (χ3n) is 3.61. The molecule has 5 nitrogen and oxygen atoms in total. The molecule has 5 heteroatoms. The highest BCUT2D eigenvalue weighted by molar-refractivity contribution is 5.56. The largest absolute Gasteiger partial charge is 0.469 e. The lowest BCUT2D eigenvalue weighted by atomic mass is 9.89. The predicted molar refractivity (Wildman–Crippen MR) is 77.5 cm³/mol. The molecule has 2 rings (SSSR count). The van der Waals surface area contributed by atoms with Crippen LogP contribution in [0.4, 0.5) is 0 Å². The van der Waals surface area contributed by atoms with Gasteiger partial charge in [0.25, 0.3) is 0 Å². The van der Waals surface area contributed by atoms with E-state index in [1.807, 2.05) is 13.0 Å². The highest BCUT2D eigenvalue weighted by Gasteiger charge is 2.28. The van der Waals surface area contributed by atoms with Crippen molar-refractivity contribution in [1.29, 1.82) is 0 Å². The van der Waals surface area contributed by atoms with Crippen LogP contribution in [0.25, 0.3) is 11.4 Å². The topological polar surface area (TPSA) is 64.1 Å². The summed E-state index contributed by atoms with van der Waals surface area (Å²) in [4.78, 5) is 4.56. The van der Waals surface area contributed by atoms with E-state index < -0.39 is 0 Å². The first-order chi connectivity index (χ1) is 9.54. The van der Waals surface area contributed by atoms with Crippen molar-refractivity contribution >= 4 is 0 Å². The van der Waals surface area contributed by atoms with E-state index in [1.54, 1.807) is 6.26 Å². The Morgan fingerprint density at radius 2 is 2.05 bits per heavy atom. The van der Waals surface area contributed by atoms with Gasteiger partial charge in [0.05, 0.1) is 17.7 Å². The van der Waals surface area contributed by atoms with Gasteiger partial charge < -0.3 is 14.3 Å². The molecule has 0 spiro atoms. The normalized spacial score (nSPS) is 14.7. The number of aromatic nitrogens is 2. The van der Waals surface area contributed by atoms with Gasteiger partial charge in [-0.3, -0.25) is 0 Å². The molecule has 1 N–H and O–H groups in total. The summed E-state index contributed by atoms with van der Waals surface area (Å²) in [6, 6.07) is 2.15. The summed E-state index contributed by atoms with van der Waals surface area (Å²) < 4.78 is 10.8. The Morgan fingerprint density at radius 3 is 2.60 bits per heavy atom. The first kappa shape index (κ1) is 14.8. The molecule has 2 atom stereocenters. The van der Waals surface area contributed by atoms with Crippen LogP contribution in [0.3, 0.4) is 0 Å². The van der Waals surface area contributed by atoms with Crippen molar-refractivity contribution < 1.29 is 8.94 Å². The van der Waals surface area contributed by atoms with Crippen LogP contribution in [0.5, 0.6) is 0 Å². The molecular weight excluding hydrogens is 254 g/mol. The minimum absolute atomic E-state index is 0.198. The molecular formula is C15H23N3O2. The average molecular weight is 277 g/mol. The molecule has 0 amide bonds. The van der Waals surface area contributed by atoms with Gasteiger partial charge in [0.1, 0.15) is 5.76 Å². The lowest BCUT2D eigenvalue weighted by Crippen LogP contribution is -2.34. The molecule has 110 valence electrons. The summed E-state index contributed by atoms with van der Waals surface area (Å²) in [6.07, 6.45) is 1.64. The van der Waals surface area contributed by atoms with Crippen molar-refractivity contribution in [2.45, 2.75) is 46.6 Å². The lowest BCUT2D eigenvalue weighted by Gasteiger charge is -2.24. The Kier molecular flexibility index (Phi) is 4.60. The number of furan rings is 1. The van der Waals surface area contributed by atoms with Crippen LogP contribution in [0, 0.1) is 12.8 Å². The van der Waals surface area contributed by atoms with E-state index >= 15 is 0 Å². The Balaban J connectivity index is 2.27. The molecule has 0 aliphatic rings. The van der Waals surface area contributed by atoms with Crippen molar-refractivity contribution in [1.82, 2.24) is 15.5 Å². The number of hydrogen-bond donors (Lipinski definition) is 1. The van der Waals surface area contributed by atoms with Crippen LogP contribution in [0.1, 0.15) is 45.3 Å². The van der Waals surface area contributed by atoms with Gasteiger partial charge in [-0.1, -0.05) is 25.9 Å². The van der Waals surface area contributed by atoms with Crippen molar-refractivity contribution in [3.8, 4) is 11.4 Å². The van der Waals surface area contributed by atoms with Gasteiger partial charge >= 0.3 is 0 Å². The minimum atomic E-state index is 0.198. The first-order valence-corrected chi connectivity index (χ1v) is 7.16. The van der Waals surface area contributed by atoms with Crippen LogP contribution < -0.4 is 5.32 Å². The predicted octanol–water partition coefficient (Wildman–Crippen LogP) is 3.38. The molecule has 0 saturated carbocycles. The number of nitrogens with zero attached hydrogens (tertiary/aromatic N) is 2. The van der Waals surface area contributed by atoms with Gasteiger partial charge in [0.2, 0.25) is 11.7 Å². The number of likely N-dealkylation sites (N-methyl/N-ethyl adjacent to an activating group) is 1. The van der Waals surface area contributed by atoms with Crippen LogP contribution in [-0.2, 0) is 0 Å². The van der Waals surface area contributed by atoms with Gasteiger partial charge in [-0.15, -0.1) is 0 Å². The molecule has 2 aromatic rings. The Labute approximate surface area is 119 Å². The quantitative estimate of drug-likeness (QED) is 0.877. The third kappa shape index (κ3) is 2.93. The van der Waals surface area contributed by atoms with Crippen LogP contribution in [0.15, 0.2) is 21.3 Å². The maximum atomic E-state index is 5.49. The van der Waals surface area contributed by atoms with Gasteiger partial charge in [-0.05, 0) is 32.4 Å². The number of hydrogen-bond acceptors (Lipinski definition) is 5. The molecule has 2 aromatic heterocycles. The molecule has 2 unspecified atom stereocenters. The molecule has 0 aliphatic carbocycles. The van der Waals surface area contributed by atoms with Gasteiger partial charge in [0.15, 0.2) is 0 Å². The Bertz CT molecular complexity index is 545. The van der Waals surface area contributed by atoms with Crippen molar-refractivity contribution in [3.63, 3.8) is 0 Å². The molecule has 0 fully saturated rings. The second-order valence-electron chi connectivity index (χ2n) is 5.46. The van der Waals surface area contributed by atoms with Crippen LogP contribution >= 0.6 is 0 Å². The zero-order valence-corrected chi connectivity index (χ0v) is 12.8. The number of nitrogens with one attached hydrogen (secondary N) is 1. The summed E-state index contributed by atoms with van der Waals surface area (Å²) in [5, 5.41) is 7.53. The fourth-order valence-corrected chi connectivity index (χ4v) is 2.62. The van der Waals surface area contributed by atoms with E-state index in [4.69, 9.17) is 8.94 Å². The van der Waals surface area contributed by atoms with E-state index in [9.17, 15) is 0 Å². The molecule has 0 aliphatic heterocycles. The van der Waals surface area contributed by atoms with E-state index in [0.29, 0.717) is 23.7 Å². The summed E-state index contributed by atoms with van der Waals surface area (Å²) >= 11 is 0. The summed E-state index contributed by atoms with van der Waals surface area (Å²) in [5.41, 5.74) is 0.888. The fourth-order valence-electron chi connectivity index (χ4n) is 2.62. The smallest absolute Gasteiger partial charge is 0.231 e. The molecule has 0 saturated heterocycles. The van der Waals surface area contributed by atoms with Gasteiger partial charge in [0, 0.05) is 6.04 Å². The highest BCUT2D eigenvalue weighted by Crippen LogP contribution is 2.29. The lowest BCUT2D eigenvalue weighted by molar-refractivity contribution is 0.281. The zero-order chi connectivity index (χ0) is 14.7. The van der Waals surface area contributed by atoms with E-state index in [-0.39, 0.29) is 5.92 Å². The van der Waals surface area contributed by atoms with E-state index in [1.165, 1.54) is 0 Å². The van der Waals surface area contributed by atoms with Crippen LogP contribution in [0.2, 0.25) is 0 Å². The monoisotopic (exact) mass is 277 g/mol. The number of aryl methyl sites for hydroxylation is 1. The van der Waals surface area contributed by atoms with Gasteiger partial charge in [-0.2, -0.15) is 4.98 Å².